The zero-order chi connectivity index (χ0) is 10.7. The Bertz CT molecular complexity index is 513. The van der Waals surface area contributed by atoms with Gasteiger partial charge in [-0.05, 0) is 12.3 Å². The summed E-state index contributed by atoms with van der Waals surface area (Å²) in [6.45, 7) is 0. The van der Waals surface area contributed by atoms with E-state index in [1.807, 2.05) is 6.26 Å². The third kappa shape index (κ3) is 1.82. The molecule has 0 bridgehead atoms. The average molecular weight is 217 g/mol. The summed E-state index contributed by atoms with van der Waals surface area (Å²) in [6, 6.07) is 3.79. The van der Waals surface area contributed by atoms with E-state index in [1.54, 1.807) is 12.3 Å². The molecule has 5 nitrogen and oxygen atoms in total. The van der Waals surface area contributed by atoms with Gasteiger partial charge in [0.2, 0.25) is 0 Å². The molecule has 0 aliphatic carbocycles. The van der Waals surface area contributed by atoms with E-state index in [-0.39, 0.29) is 0 Å². The molecular formula is C9H7N5S. The molecule has 1 N–H and O–H groups in total. The minimum atomic E-state index is 0.487. The first kappa shape index (κ1) is 9.68. The topological polar surface area (TPSA) is 78.2 Å². The Morgan fingerprint density at radius 1 is 1.53 bits per heavy atom. The zero-order valence-corrected chi connectivity index (χ0v) is 8.75. The van der Waals surface area contributed by atoms with Crippen LogP contribution >= 0.6 is 11.8 Å². The monoisotopic (exact) mass is 217 g/mol. The molecule has 2 rings (SSSR count). The number of nitriles is 1. The molecular weight excluding hydrogens is 210 g/mol. The largest absolute Gasteiger partial charge is 0.275 e. The Kier molecular flexibility index (Phi) is 2.65. The molecule has 74 valence electrons. The van der Waals surface area contributed by atoms with Crippen LogP contribution in [0.4, 0.5) is 0 Å². The summed E-state index contributed by atoms with van der Waals surface area (Å²) >= 11 is 1.45. The van der Waals surface area contributed by atoms with Gasteiger partial charge >= 0.3 is 0 Å². The van der Waals surface area contributed by atoms with E-state index in [2.05, 4.69) is 26.2 Å². The molecule has 2 aromatic heterocycles. The molecule has 0 aliphatic rings. The van der Waals surface area contributed by atoms with Gasteiger partial charge in [-0.25, -0.2) is 9.97 Å². The summed E-state index contributed by atoms with van der Waals surface area (Å²) in [5.74, 6) is 0. The highest BCUT2D eigenvalue weighted by Gasteiger charge is 2.08. The molecule has 0 radical (unpaired) electrons. The van der Waals surface area contributed by atoms with Crippen LogP contribution in [0.25, 0.3) is 11.4 Å². The van der Waals surface area contributed by atoms with Gasteiger partial charge in [0.15, 0.2) is 5.16 Å². The number of aromatic nitrogens is 4. The Labute approximate surface area is 90.6 Å². The van der Waals surface area contributed by atoms with Crippen LogP contribution in [0.2, 0.25) is 0 Å². The van der Waals surface area contributed by atoms with Crippen molar-refractivity contribution in [3.8, 4) is 17.5 Å². The molecule has 0 saturated heterocycles. The predicted octanol–water partition coefficient (Wildman–Crippen LogP) is 1.46. The molecule has 2 heterocycles. The Balaban J connectivity index is 2.50. The van der Waals surface area contributed by atoms with Crippen LogP contribution < -0.4 is 0 Å². The third-order valence-electron chi connectivity index (χ3n) is 1.83. The van der Waals surface area contributed by atoms with Crippen LogP contribution in [0.3, 0.4) is 0 Å². The summed E-state index contributed by atoms with van der Waals surface area (Å²) in [5.41, 5.74) is 1.80. The first-order chi connectivity index (χ1) is 7.35. The number of nitrogens with zero attached hydrogens (tertiary/aromatic N) is 4. The van der Waals surface area contributed by atoms with Crippen molar-refractivity contribution >= 4 is 11.8 Å². The highest BCUT2D eigenvalue weighted by Crippen LogP contribution is 2.19. The summed E-state index contributed by atoms with van der Waals surface area (Å²) in [6.07, 6.45) is 5.05. The van der Waals surface area contributed by atoms with Crippen LogP contribution in [0.15, 0.2) is 23.6 Å². The van der Waals surface area contributed by atoms with Gasteiger partial charge in [-0.2, -0.15) is 10.4 Å². The van der Waals surface area contributed by atoms with Crippen molar-refractivity contribution in [2.24, 2.45) is 0 Å². The summed E-state index contributed by atoms with van der Waals surface area (Å²) < 4.78 is 0. The van der Waals surface area contributed by atoms with Crippen molar-refractivity contribution in [2.45, 2.75) is 5.16 Å². The van der Waals surface area contributed by atoms with Gasteiger partial charge < -0.3 is 0 Å². The van der Waals surface area contributed by atoms with Crippen molar-refractivity contribution in [2.75, 3.05) is 6.26 Å². The maximum absolute atomic E-state index is 8.84. The molecule has 0 aliphatic heterocycles. The summed E-state index contributed by atoms with van der Waals surface area (Å²) in [5, 5.41) is 16.1. The molecule has 0 atom stereocenters. The van der Waals surface area contributed by atoms with E-state index in [0.29, 0.717) is 22.1 Å². The molecule has 0 saturated carbocycles. The number of nitrogens with one attached hydrogen (secondary N) is 1. The Morgan fingerprint density at radius 3 is 3.13 bits per heavy atom. The summed E-state index contributed by atoms with van der Waals surface area (Å²) in [4.78, 5) is 8.33. The van der Waals surface area contributed by atoms with E-state index >= 15 is 0 Å². The van der Waals surface area contributed by atoms with Crippen molar-refractivity contribution in [3.63, 3.8) is 0 Å². The molecule has 0 unspecified atom stereocenters. The smallest absolute Gasteiger partial charge is 0.187 e. The van der Waals surface area contributed by atoms with Crippen molar-refractivity contribution < 1.29 is 0 Å². The van der Waals surface area contributed by atoms with Crippen LogP contribution in [-0.2, 0) is 0 Å². The fourth-order valence-electron chi connectivity index (χ4n) is 1.14. The van der Waals surface area contributed by atoms with Crippen LogP contribution in [-0.4, -0.2) is 26.4 Å². The molecule has 0 fully saturated rings. The number of hydrogen-bond acceptors (Lipinski definition) is 5. The van der Waals surface area contributed by atoms with Crippen LogP contribution in [0, 0.1) is 11.3 Å². The minimum absolute atomic E-state index is 0.487. The lowest BCUT2D eigenvalue weighted by molar-refractivity contribution is 0.966. The lowest BCUT2D eigenvalue weighted by Gasteiger charge is -1.98. The number of thioether (sulfide) groups is 1. The van der Waals surface area contributed by atoms with Gasteiger partial charge in [0.25, 0.3) is 0 Å². The molecule has 15 heavy (non-hydrogen) atoms. The van der Waals surface area contributed by atoms with Crippen LogP contribution in [0.5, 0.6) is 0 Å². The first-order valence-electron chi connectivity index (χ1n) is 4.16. The maximum atomic E-state index is 8.84. The second-order valence-corrected chi connectivity index (χ2v) is 3.47. The second kappa shape index (κ2) is 4.11. The van der Waals surface area contributed by atoms with E-state index < -0.39 is 0 Å². The third-order valence-corrected chi connectivity index (χ3v) is 2.39. The fourth-order valence-corrected chi connectivity index (χ4v) is 1.50. The number of H-pyrrole nitrogens is 1. The molecule has 0 spiro atoms. The van der Waals surface area contributed by atoms with Crippen molar-refractivity contribution in [3.05, 3.63) is 24.0 Å². The lowest BCUT2D eigenvalue weighted by Crippen LogP contribution is -1.90. The quantitative estimate of drug-likeness (QED) is 0.608. The maximum Gasteiger partial charge on any atom is 0.187 e. The van der Waals surface area contributed by atoms with Gasteiger partial charge in [0, 0.05) is 6.20 Å². The van der Waals surface area contributed by atoms with Gasteiger partial charge in [-0.15, -0.1) is 0 Å². The van der Waals surface area contributed by atoms with E-state index in [9.17, 15) is 0 Å². The van der Waals surface area contributed by atoms with Gasteiger partial charge in [0.1, 0.15) is 11.8 Å². The van der Waals surface area contributed by atoms with Crippen molar-refractivity contribution in [1.29, 1.82) is 5.26 Å². The molecule has 6 heteroatoms. The van der Waals surface area contributed by atoms with Gasteiger partial charge in [-0.1, -0.05) is 11.8 Å². The number of rotatable bonds is 2. The van der Waals surface area contributed by atoms with Crippen molar-refractivity contribution in [1.82, 2.24) is 20.2 Å². The van der Waals surface area contributed by atoms with E-state index in [4.69, 9.17) is 5.26 Å². The standard InChI is InChI=1S/C9H7N5S/c1-15-9-11-3-2-7(13-9)8-6(4-10)5-12-14-8/h2-3,5H,1H3,(H,12,14). The molecule has 0 aromatic carbocycles. The van der Waals surface area contributed by atoms with Gasteiger partial charge in [0.05, 0.1) is 17.5 Å². The lowest BCUT2D eigenvalue weighted by atomic mass is 10.2. The predicted molar refractivity (Wildman–Crippen MR) is 56.1 cm³/mol. The van der Waals surface area contributed by atoms with E-state index in [1.165, 1.54) is 18.0 Å². The normalized spacial score (nSPS) is 9.87. The molecule has 0 amide bonds. The molecule has 2 aromatic rings. The van der Waals surface area contributed by atoms with Crippen LogP contribution in [0.1, 0.15) is 5.56 Å². The van der Waals surface area contributed by atoms with E-state index in [0.717, 1.165) is 0 Å². The average Bonchev–Trinajstić information content (AvgIpc) is 2.77. The fraction of sp³-hybridized carbons (Fsp3) is 0.111. The minimum Gasteiger partial charge on any atom is -0.275 e. The second-order valence-electron chi connectivity index (χ2n) is 2.70. The zero-order valence-electron chi connectivity index (χ0n) is 7.93. The first-order valence-corrected chi connectivity index (χ1v) is 5.38. The number of hydrogen-bond donors (Lipinski definition) is 1. The number of aromatic amines is 1. The Hall–Kier alpha value is -1.87. The SMILES string of the molecule is CSc1nccc(-c2[nH]ncc2C#N)n1. The van der Waals surface area contributed by atoms with Gasteiger partial charge in [-0.3, -0.25) is 5.10 Å². The highest BCUT2D eigenvalue weighted by molar-refractivity contribution is 7.98. The highest BCUT2D eigenvalue weighted by atomic mass is 32.2. The Morgan fingerprint density at radius 2 is 2.40 bits per heavy atom. The summed E-state index contributed by atoms with van der Waals surface area (Å²) in [7, 11) is 0.